The van der Waals surface area contributed by atoms with Gasteiger partial charge in [0.2, 0.25) is 0 Å². The number of likely N-dealkylation sites (tertiary alicyclic amines) is 1. The molecule has 1 saturated heterocycles. The summed E-state index contributed by atoms with van der Waals surface area (Å²) in [7, 11) is 2.09. The molecule has 1 heterocycles. The average molecular weight is 469 g/mol. The first-order valence-corrected chi connectivity index (χ1v) is 10.9. The van der Waals surface area contributed by atoms with Gasteiger partial charge in [0, 0.05) is 38.9 Å². The second-order valence-electron chi connectivity index (χ2n) is 8.63. The molecule has 4 nitrogen and oxygen atoms in total. The summed E-state index contributed by atoms with van der Waals surface area (Å²) in [5, 5.41) is 11.0. The van der Waals surface area contributed by atoms with Crippen molar-refractivity contribution in [1.29, 1.82) is 0 Å². The number of piperidine rings is 1. The lowest BCUT2D eigenvalue weighted by atomic mass is 9.88. The molecular weight excluding hydrogens is 431 g/mol. The van der Waals surface area contributed by atoms with Gasteiger partial charge >= 0.3 is 0 Å². The summed E-state index contributed by atoms with van der Waals surface area (Å²) in [5.74, 6) is 0.902. The summed E-state index contributed by atoms with van der Waals surface area (Å²) in [4.78, 5) is 4.71. The van der Waals surface area contributed by atoms with Crippen molar-refractivity contribution in [2.75, 3.05) is 38.1 Å². The standard InChI is InChI=1S/C25H36N2O2.2ClH/c1-21(2)29-24-11-9-23(10-12-24)26(3)18-14-25(28)15-19-27(20-16-25)17-13-22-7-5-4-6-8-22;;/h4-12,21,28H,13-20H2,1-3H3;2*1H. The van der Waals surface area contributed by atoms with E-state index >= 15 is 0 Å². The Morgan fingerprint density at radius 2 is 1.61 bits per heavy atom. The third kappa shape index (κ3) is 8.89. The zero-order valence-corrected chi connectivity index (χ0v) is 20.6. The van der Waals surface area contributed by atoms with Gasteiger partial charge in [-0.1, -0.05) is 30.3 Å². The third-order valence-electron chi connectivity index (χ3n) is 5.91. The van der Waals surface area contributed by atoms with Gasteiger partial charge in [0.15, 0.2) is 0 Å². The van der Waals surface area contributed by atoms with E-state index in [0.717, 1.165) is 63.3 Å². The Morgan fingerprint density at radius 1 is 1.00 bits per heavy atom. The van der Waals surface area contributed by atoms with E-state index < -0.39 is 5.60 Å². The number of benzene rings is 2. The van der Waals surface area contributed by atoms with Crippen molar-refractivity contribution in [2.45, 2.75) is 51.2 Å². The Bertz CT molecular complexity index is 733. The smallest absolute Gasteiger partial charge is 0.119 e. The molecule has 174 valence electrons. The second kappa shape index (κ2) is 13.2. The van der Waals surface area contributed by atoms with Crippen LogP contribution in [0.4, 0.5) is 5.69 Å². The molecule has 0 aromatic heterocycles. The van der Waals surface area contributed by atoms with Crippen LogP contribution < -0.4 is 9.64 Å². The van der Waals surface area contributed by atoms with Crippen molar-refractivity contribution in [3.63, 3.8) is 0 Å². The highest BCUT2D eigenvalue weighted by Gasteiger charge is 2.32. The van der Waals surface area contributed by atoms with Crippen LogP contribution in [0.15, 0.2) is 54.6 Å². The average Bonchev–Trinajstić information content (AvgIpc) is 2.73. The summed E-state index contributed by atoms with van der Waals surface area (Å²) >= 11 is 0. The Kier molecular flexibility index (Phi) is 11.7. The van der Waals surface area contributed by atoms with Crippen molar-refractivity contribution in [1.82, 2.24) is 4.90 Å². The molecule has 1 N–H and O–H groups in total. The first-order chi connectivity index (χ1) is 13.9. The lowest BCUT2D eigenvalue weighted by Gasteiger charge is -2.39. The predicted molar refractivity (Wildman–Crippen MR) is 135 cm³/mol. The molecular formula is C25H38Cl2N2O2. The van der Waals surface area contributed by atoms with Gasteiger partial charge in [-0.25, -0.2) is 0 Å². The van der Waals surface area contributed by atoms with Crippen LogP contribution in [0.3, 0.4) is 0 Å². The molecule has 0 amide bonds. The van der Waals surface area contributed by atoms with Crippen LogP contribution in [0.1, 0.15) is 38.7 Å². The second-order valence-corrected chi connectivity index (χ2v) is 8.63. The van der Waals surface area contributed by atoms with Crippen LogP contribution in [-0.4, -0.2) is 54.9 Å². The fourth-order valence-corrected chi connectivity index (χ4v) is 3.93. The van der Waals surface area contributed by atoms with E-state index in [2.05, 4.69) is 59.3 Å². The fourth-order valence-electron chi connectivity index (χ4n) is 3.93. The molecule has 3 rings (SSSR count). The Labute approximate surface area is 200 Å². The lowest BCUT2D eigenvalue weighted by molar-refractivity contribution is -0.0254. The number of nitrogens with zero attached hydrogens (tertiary/aromatic N) is 2. The maximum absolute atomic E-state index is 11.0. The zero-order chi connectivity index (χ0) is 20.7. The highest BCUT2D eigenvalue weighted by molar-refractivity contribution is 5.85. The fraction of sp³-hybridized carbons (Fsp3) is 0.520. The van der Waals surface area contributed by atoms with Crippen LogP contribution in [-0.2, 0) is 6.42 Å². The minimum absolute atomic E-state index is 0. The molecule has 0 radical (unpaired) electrons. The summed E-state index contributed by atoms with van der Waals surface area (Å²) in [6, 6.07) is 18.9. The molecule has 31 heavy (non-hydrogen) atoms. The number of ether oxygens (including phenoxy) is 1. The summed E-state index contributed by atoms with van der Waals surface area (Å²) in [6.07, 6.45) is 3.79. The number of hydrogen-bond donors (Lipinski definition) is 1. The maximum Gasteiger partial charge on any atom is 0.119 e. The number of aliphatic hydroxyl groups is 1. The van der Waals surface area contributed by atoms with Crippen LogP contribution >= 0.6 is 24.8 Å². The number of halogens is 2. The van der Waals surface area contributed by atoms with E-state index in [1.54, 1.807) is 0 Å². The molecule has 0 unspecified atom stereocenters. The first-order valence-electron chi connectivity index (χ1n) is 10.9. The molecule has 1 fully saturated rings. The van der Waals surface area contributed by atoms with Crippen LogP contribution in [0.2, 0.25) is 0 Å². The van der Waals surface area contributed by atoms with E-state index in [-0.39, 0.29) is 30.9 Å². The molecule has 0 aliphatic carbocycles. The van der Waals surface area contributed by atoms with Gasteiger partial charge in [0.05, 0.1) is 11.7 Å². The minimum Gasteiger partial charge on any atom is -0.491 e. The van der Waals surface area contributed by atoms with E-state index in [4.69, 9.17) is 4.74 Å². The topological polar surface area (TPSA) is 35.9 Å². The Hall–Kier alpha value is -1.46. The van der Waals surface area contributed by atoms with E-state index in [9.17, 15) is 5.11 Å². The molecule has 1 aliphatic heterocycles. The van der Waals surface area contributed by atoms with Gasteiger partial charge in [-0.3, -0.25) is 0 Å². The third-order valence-corrected chi connectivity index (χ3v) is 5.91. The van der Waals surface area contributed by atoms with Gasteiger partial charge in [-0.05, 0) is 69.4 Å². The van der Waals surface area contributed by atoms with Crippen molar-refractivity contribution in [2.24, 2.45) is 0 Å². The van der Waals surface area contributed by atoms with E-state index in [1.807, 2.05) is 26.0 Å². The Balaban J connectivity index is 0.00000240. The van der Waals surface area contributed by atoms with Gasteiger partial charge in [0.25, 0.3) is 0 Å². The lowest BCUT2D eigenvalue weighted by Crippen LogP contribution is -2.46. The largest absolute Gasteiger partial charge is 0.491 e. The molecule has 0 atom stereocenters. The number of hydrogen-bond acceptors (Lipinski definition) is 4. The van der Waals surface area contributed by atoms with Crippen LogP contribution in [0, 0.1) is 0 Å². The van der Waals surface area contributed by atoms with Crippen LogP contribution in [0.25, 0.3) is 0 Å². The van der Waals surface area contributed by atoms with Crippen LogP contribution in [0.5, 0.6) is 5.75 Å². The normalized spacial score (nSPS) is 15.6. The van der Waals surface area contributed by atoms with Gasteiger partial charge in [-0.2, -0.15) is 0 Å². The molecule has 2 aromatic rings. The first kappa shape index (κ1) is 27.6. The highest BCUT2D eigenvalue weighted by Crippen LogP contribution is 2.27. The van der Waals surface area contributed by atoms with Crippen molar-refractivity contribution < 1.29 is 9.84 Å². The van der Waals surface area contributed by atoms with Gasteiger partial charge in [0.1, 0.15) is 5.75 Å². The molecule has 0 bridgehead atoms. The van der Waals surface area contributed by atoms with Crippen molar-refractivity contribution in [3.8, 4) is 5.75 Å². The summed E-state index contributed by atoms with van der Waals surface area (Å²) in [5.41, 5.74) is 2.00. The van der Waals surface area contributed by atoms with Gasteiger partial charge in [-0.15, -0.1) is 24.8 Å². The summed E-state index contributed by atoms with van der Waals surface area (Å²) < 4.78 is 5.72. The minimum atomic E-state index is -0.543. The SMILES string of the molecule is CC(C)Oc1ccc(N(C)CCC2(O)CCN(CCc3ccccc3)CC2)cc1.Cl.Cl. The molecule has 2 aromatic carbocycles. The quantitative estimate of drug-likeness (QED) is 0.547. The van der Waals surface area contributed by atoms with Gasteiger partial charge < -0.3 is 19.6 Å². The maximum atomic E-state index is 11.0. The molecule has 0 saturated carbocycles. The molecule has 1 aliphatic rings. The number of rotatable bonds is 9. The molecule has 0 spiro atoms. The monoisotopic (exact) mass is 468 g/mol. The van der Waals surface area contributed by atoms with Crippen molar-refractivity contribution >= 4 is 30.5 Å². The molecule has 6 heteroatoms. The van der Waals surface area contributed by atoms with Crippen molar-refractivity contribution in [3.05, 3.63) is 60.2 Å². The predicted octanol–water partition coefficient (Wildman–Crippen LogP) is 5.21. The highest BCUT2D eigenvalue weighted by atomic mass is 35.5. The number of anilines is 1. The summed E-state index contributed by atoms with van der Waals surface area (Å²) in [6.45, 7) is 7.96. The zero-order valence-electron chi connectivity index (χ0n) is 19.0. The van der Waals surface area contributed by atoms with E-state index in [0.29, 0.717) is 0 Å². The Morgan fingerprint density at radius 3 is 2.19 bits per heavy atom. The van der Waals surface area contributed by atoms with E-state index in [1.165, 1.54) is 5.56 Å².